The lowest BCUT2D eigenvalue weighted by molar-refractivity contribution is 0.668. The minimum absolute atomic E-state index is 0.508. The van der Waals surface area contributed by atoms with Gasteiger partial charge in [0.15, 0.2) is 23.1 Å². The van der Waals surface area contributed by atoms with Crippen molar-refractivity contribution in [2.24, 2.45) is 0 Å². The van der Waals surface area contributed by atoms with E-state index >= 15 is 0 Å². The van der Waals surface area contributed by atoms with Gasteiger partial charge in [-0.3, -0.25) is 0 Å². The fourth-order valence-corrected chi connectivity index (χ4v) is 5.39. The number of nitrogens with zero attached hydrogens (tertiary/aromatic N) is 3. The van der Waals surface area contributed by atoms with Crippen LogP contribution >= 0.6 is 11.6 Å². The fourth-order valence-electron chi connectivity index (χ4n) is 5.13. The fraction of sp³-hybridized carbons (Fsp3) is 0. The minimum Gasteiger partial charge on any atom is -0.456 e. The molecule has 5 aromatic carbocycles. The summed E-state index contributed by atoms with van der Waals surface area (Å²) in [7, 11) is 0. The summed E-state index contributed by atoms with van der Waals surface area (Å²) in [5, 5.41) is 4.48. The van der Waals surface area contributed by atoms with E-state index in [1.165, 1.54) is 0 Å². The average molecular weight is 524 g/mol. The highest BCUT2D eigenvalue weighted by Gasteiger charge is 2.17. The van der Waals surface area contributed by atoms with Gasteiger partial charge in [0.2, 0.25) is 0 Å². The largest absolute Gasteiger partial charge is 0.456 e. The van der Waals surface area contributed by atoms with Crippen molar-refractivity contribution < 1.29 is 8.83 Å². The number of fused-ring (bicyclic) bond motifs is 6. The molecule has 0 saturated carbocycles. The first-order valence-electron chi connectivity index (χ1n) is 12.6. The molecular formula is C33H18ClN3O2. The topological polar surface area (TPSA) is 65.0 Å². The SMILES string of the molecule is Clc1cc(-c2nc(-c3ccccc3)nc(-c3ccc4oc5ccccc5c4c3)n2)cc2c1oc1ccccc12. The van der Waals surface area contributed by atoms with E-state index in [-0.39, 0.29) is 0 Å². The maximum atomic E-state index is 6.73. The van der Waals surface area contributed by atoms with Crippen molar-refractivity contribution in [1.82, 2.24) is 15.0 Å². The molecule has 0 radical (unpaired) electrons. The van der Waals surface area contributed by atoms with Gasteiger partial charge in [-0.15, -0.1) is 0 Å². The summed E-state index contributed by atoms with van der Waals surface area (Å²) in [6.07, 6.45) is 0. The molecule has 3 heterocycles. The first-order chi connectivity index (χ1) is 19.2. The number of rotatable bonds is 3. The van der Waals surface area contributed by atoms with Crippen molar-refractivity contribution in [3.8, 4) is 34.2 Å². The van der Waals surface area contributed by atoms with Crippen molar-refractivity contribution in [3.63, 3.8) is 0 Å². The van der Waals surface area contributed by atoms with E-state index in [1.54, 1.807) is 0 Å². The number of aromatic nitrogens is 3. The number of para-hydroxylation sites is 2. The quantitative estimate of drug-likeness (QED) is 0.231. The third kappa shape index (κ3) is 3.59. The molecule has 39 heavy (non-hydrogen) atoms. The molecule has 0 N–H and O–H groups in total. The van der Waals surface area contributed by atoms with E-state index in [1.807, 2.05) is 97.1 Å². The van der Waals surface area contributed by atoms with Crippen LogP contribution in [0.4, 0.5) is 0 Å². The van der Waals surface area contributed by atoms with E-state index in [2.05, 4.69) is 12.1 Å². The van der Waals surface area contributed by atoms with Crippen LogP contribution in [0.5, 0.6) is 0 Å². The highest BCUT2D eigenvalue weighted by molar-refractivity contribution is 6.36. The maximum Gasteiger partial charge on any atom is 0.164 e. The molecule has 0 amide bonds. The van der Waals surface area contributed by atoms with Gasteiger partial charge in [-0.05, 0) is 42.5 Å². The summed E-state index contributed by atoms with van der Waals surface area (Å²) >= 11 is 6.73. The van der Waals surface area contributed by atoms with Gasteiger partial charge >= 0.3 is 0 Å². The molecule has 0 saturated heterocycles. The van der Waals surface area contributed by atoms with Crippen molar-refractivity contribution >= 4 is 55.5 Å². The lowest BCUT2D eigenvalue weighted by Gasteiger charge is -2.09. The standard InChI is InChI=1S/C33H18ClN3O2/c34-26-18-21(17-25-23-11-5-7-13-28(23)39-30(25)26)33-36-31(19-8-2-1-3-9-19)35-32(37-33)20-14-15-29-24(16-20)22-10-4-6-12-27(22)38-29/h1-18H. The predicted molar refractivity (Wildman–Crippen MR) is 156 cm³/mol. The highest BCUT2D eigenvalue weighted by Crippen LogP contribution is 2.37. The summed E-state index contributed by atoms with van der Waals surface area (Å²) in [5.74, 6) is 1.69. The van der Waals surface area contributed by atoms with Crippen LogP contribution < -0.4 is 0 Å². The summed E-state index contributed by atoms with van der Waals surface area (Å²) in [5.41, 5.74) is 5.66. The first kappa shape index (κ1) is 22.0. The van der Waals surface area contributed by atoms with Gasteiger partial charge < -0.3 is 8.83 Å². The van der Waals surface area contributed by atoms with E-state index < -0.39 is 0 Å². The van der Waals surface area contributed by atoms with Crippen molar-refractivity contribution in [2.45, 2.75) is 0 Å². The number of hydrogen-bond acceptors (Lipinski definition) is 5. The first-order valence-corrected chi connectivity index (χ1v) is 12.9. The molecule has 6 heteroatoms. The van der Waals surface area contributed by atoms with Crippen molar-refractivity contribution in [1.29, 1.82) is 0 Å². The molecule has 0 aliphatic rings. The van der Waals surface area contributed by atoms with Crippen LogP contribution in [0.25, 0.3) is 78.0 Å². The average Bonchev–Trinajstić information content (AvgIpc) is 3.56. The second-order valence-corrected chi connectivity index (χ2v) is 9.82. The third-order valence-electron chi connectivity index (χ3n) is 6.99. The van der Waals surface area contributed by atoms with Crippen LogP contribution in [0.1, 0.15) is 0 Å². The molecule has 0 bridgehead atoms. The van der Waals surface area contributed by atoms with E-state index in [4.69, 9.17) is 35.4 Å². The minimum atomic E-state index is 0.508. The Kier molecular flexibility index (Phi) is 4.81. The molecule has 5 nitrogen and oxygen atoms in total. The molecule has 0 spiro atoms. The lowest BCUT2D eigenvalue weighted by Crippen LogP contribution is -2.00. The lowest BCUT2D eigenvalue weighted by atomic mass is 10.1. The molecule has 0 fully saturated rings. The van der Waals surface area contributed by atoms with E-state index in [9.17, 15) is 0 Å². The van der Waals surface area contributed by atoms with E-state index in [0.29, 0.717) is 28.1 Å². The molecule has 184 valence electrons. The molecule has 8 aromatic rings. The Morgan fingerprint density at radius 2 is 1.00 bits per heavy atom. The number of furan rings is 2. The number of hydrogen-bond donors (Lipinski definition) is 0. The summed E-state index contributed by atoms with van der Waals surface area (Å²) in [4.78, 5) is 14.7. The molecule has 0 aliphatic heterocycles. The van der Waals surface area contributed by atoms with Gasteiger partial charge in [0.1, 0.15) is 16.7 Å². The highest BCUT2D eigenvalue weighted by atomic mass is 35.5. The van der Waals surface area contributed by atoms with Gasteiger partial charge in [0, 0.05) is 38.2 Å². The predicted octanol–water partition coefficient (Wildman–Crippen LogP) is 9.32. The van der Waals surface area contributed by atoms with Gasteiger partial charge in [-0.1, -0.05) is 78.3 Å². The third-order valence-corrected chi connectivity index (χ3v) is 7.27. The Hall–Kier alpha value is -5.00. The zero-order chi connectivity index (χ0) is 25.9. The Bertz CT molecular complexity index is 2200. The Balaban J connectivity index is 1.37. The normalized spacial score (nSPS) is 11.7. The summed E-state index contributed by atoms with van der Waals surface area (Å²) < 4.78 is 12.1. The monoisotopic (exact) mass is 523 g/mol. The molecule has 8 rings (SSSR count). The van der Waals surface area contributed by atoms with Crippen LogP contribution in [0.2, 0.25) is 5.02 Å². The van der Waals surface area contributed by atoms with Gasteiger partial charge in [0.25, 0.3) is 0 Å². The molecule has 0 unspecified atom stereocenters. The van der Waals surface area contributed by atoms with Crippen LogP contribution in [0, 0.1) is 0 Å². The second-order valence-electron chi connectivity index (χ2n) is 9.41. The van der Waals surface area contributed by atoms with Crippen molar-refractivity contribution in [2.75, 3.05) is 0 Å². The van der Waals surface area contributed by atoms with Crippen LogP contribution in [-0.2, 0) is 0 Å². The van der Waals surface area contributed by atoms with Crippen molar-refractivity contribution in [3.05, 3.63) is 114 Å². The van der Waals surface area contributed by atoms with Crippen LogP contribution in [-0.4, -0.2) is 15.0 Å². The molecular weight excluding hydrogens is 506 g/mol. The van der Waals surface area contributed by atoms with Gasteiger partial charge in [-0.2, -0.15) is 0 Å². The Morgan fingerprint density at radius 3 is 1.77 bits per heavy atom. The number of benzene rings is 5. The van der Waals surface area contributed by atoms with Gasteiger partial charge in [-0.25, -0.2) is 15.0 Å². The maximum absolute atomic E-state index is 6.73. The summed E-state index contributed by atoms with van der Waals surface area (Å²) in [6, 6.07) is 35.8. The summed E-state index contributed by atoms with van der Waals surface area (Å²) in [6.45, 7) is 0. The number of halogens is 1. The van der Waals surface area contributed by atoms with Crippen LogP contribution in [0.3, 0.4) is 0 Å². The smallest absolute Gasteiger partial charge is 0.164 e. The van der Waals surface area contributed by atoms with Crippen LogP contribution in [0.15, 0.2) is 118 Å². The molecule has 0 atom stereocenters. The Morgan fingerprint density at radius 1 is 0.436 bits per heavy atom. The zero-order valence-corrected chi connectivity index (χ0v) is 21.2. The molecule has 3 aromatic heterocycles. The Labute approximate surface area is 227 Å². The molecule has 0 aliphatic carbocycles. The van der Waals surface area contributed by atoms with E-state index in [0.717, 1.165) is 55.0 Å². The zero-order valence-electron chi connectivity index (χ0n) is 20.4. The van der Waals surface area contributed by atoms with Gasteiger partial charge in [0.05, 0.1) is 5.02 Å². The second kappa shape index (κ2) is 8.51.